The van der Waals surface area contributed by atoms with Gasteiger partial charge in [-0.05, 0) is 41.8 Å². The quantitative estimate of drug-likeness (QED) is 0.902. The van der Waals surface area contributed by atoms with E-state index < -0.39 is 5.97 Å². The molecule has 0 bridgehead atoms. The number of ether oxygens (including phenoxy) is 2. The van der Waals surface area contributed by atoms with Gasteiger partial charge in [0.15, 0.2) is 0 Å². The second-order valence-electron chi connectivity index (χ2n) is 6.16. The van der Waals surface area contributed by atoms with Gasteiger partial charge in [0, 0.05) is 19.1 Å². The Kier molecular flexibility index (Phi) is 5.36. The molecule has 0 radical (unpaired) electrons. The third kappa shape index (κ3) is 3.83. The van der Waals surface area contributed by atoms with E-state index in [1.54, 1.807) is 18.2 Å². The minimum absolute atomic E-state index is 0.244. The average molecular weight is 341 g/mol. The number of benzene rings is 2. The molecule has 1 N–H and O–H groups in total. The third-order valence-corrected chi connectivity index (χ3v) is 4.75. The molecule has 1 saturated heterocycles. The summed E-state index contributed by atoms with van der Waals surface area (Å²) < 4.78 is 10.5. The van der Waals surface area contributed by atoms with Crippen LogP contribution in [-0.2, 0) is 4.74 Å². The van der Waals surface area contributed by atoms with Gasteiger partial charge in [0.2, 0.25) is 0 Å². The molecule has 0 amide bonds. The summed E-state index contributed by atoms with van der Waals surface area (Å²) in [5.74, 6) is -0.418. The molecular weight excluding hydrogens is 318 g/mol. The standard InChI is InChI=1S/C20H23NO4/c1-14(21-9-11-25-12-10-21)15-3-5-16(6-4-15)18-8-7-17(24-2)13-19(18)20(22)23/h3-8,13-14H,9-12H2,1-2H3,(H,22,23)/t14-/m1/s1. The van der Waals surface area contributed by atoms with Gasteiger partial charge in [0.25, 0.3) is 0 Å². The highest BCUT2D eigenvalue weighted by Gasteiger charge is 2.19. The number of hydrogen-bond acceptors (Lipinski definition) is 4. The summed E-state index contributed by atoms with van der Waals surface area (Å²) in [5.41, 5.74) is 3.04. The minimum atomic E-state index is -0.959. The Bertz CT molecular complexity index is 736. The van der Waals surface area contributed by atoms with Crippen molar-refractivity contribution in [2.24, 2.45) is 0 Å². The molecule has 5 heteroatoms. The summed E-state index contributed by atoms with van der Waals surface area (Å²) in [6.45, 7) is 5.61. The van der Waals surface area contributed by atoms with Gasteiger partial charge in [0.05, 0.1) is 25.9 Å². The normalized spacial score (nSPS) is 16.4. The number of hydrogen-bond donors (Lipinski definition) is 1. The van der Waals surface area contributed by atoms with E-state index in [2.05, 4.69) is 24.0 Å². The molecule has 132 valence electrons. The van der Waals surface area contributed by atoms with Crippen molar-refractivity contribution >= 4 is 5.97 Å². The van der Waals surface area contributed by atoms with Crippen LogP contribution in [0.25, 0.3) is 11.1 Å². The van der Waals surface area contributed by atoms with Crippen LogP contribution in [0.3, 0.4) is 0 Å². The number of methoxy groups -OCH3 is 1. The Hall–Kier alpha value is -2.37. The molecule has 3 rings (SSSR count). The van der Waals surface area contributed by atoms with Crippen molar-refractivity contribution < 1.29 is 19.4 Å². The average Bonchev–Trinajstić information content (AvgIpc) is 2.67. The first kappa shape index (κ1) is 17.5. The van der Waals surface area contributed by atoms with Gasteiger partial charge in [-0.2, -0.15) is 0 Å². The fourth-order valence-corrected chi connectivity index (χ4v) is 3.20. The van der Waals surface area contributed by atoms with Gasteiger partial charge in [-0.25, -0.2) is 4.79 Å². The van der Waals surface area contributed by atoms with Crippen LogP contribution in [0.2, 0.25) is 0 Å². The number of aromatic carboxylic acids is 1. The zero-order chi connectivity index (χ0) is 17.8. The predicted octanol–water partition coefficient (Wildman–Crippen LogP) is 3.45. The maximum atomic E-state index is 11.6. The van der Waals surface area contributed by atoms with Gasteiger partial charge < -0.3 is 14.6 Å². The number of carbonyl (C=O) groups is 1. The Balaban J connectivity index is 1.86. The molecule has 0 aromatic heterocycles. The lowest BCUT2D eigenvalue weighted by molar-refractivity contribution is 0.0198. The van der Waals surface area contributed by atoms with E-state index in [1.807, 2.05) is 12.1 Å². The predicted molar refractivity (Wildman–Crippen MR) is 96.2 cm³/mol. The summed E-state index contributed by atoms with van der Waals surface area (Å²) >= 11 is 0. The van der Waals surface area contributed by atoms with E-state index in [0.717, 1.165) is 31.9 Å². The second kappa shape index (κ2) is 7.68. The first-order valence-electron chi connectivity index (χ1n) is 8.43. The van der Waals surface area contributed by atoms with Gasteiger partial charge in [-0.1, -0.05) is 24.3 Å². The maximum Gasteiger partial charge on any atom is 0.336 e. The molecule has 1 aliphatic heterocycles. The van der Waals surface area contributed by atoms with Gasteiger partial charge in [0.1, 0.15) is 5.75 Å². The van der Waals surface area contributed by atoms with E-state index in [-0.39, 0.29) is 5.56 Å². The molecule has 2 aromatic rings. The highest BCUT2D eigenvalue weighted by Crippen LogP contribution is 2.29. The SMILES string of the molecule is COc1ccc(-c2ccc([C@@H](C)N3CCOCC3)cc2)c(C(=O)O)c1. The fourth-order valence-electron chi connectivity index (χ4n) is 3.20. The smallest absolute Gasteiger partial charge is 0.336 e. The van der Waals surface area contributed by atoms with E-state index in [9.17, 15) is 9.90 Å². The lowest BCUT2D eigenvalue weighted by atomic mass is 9.96. The van der Waals surface area contributed by atoms with Crippen molar-refractivity contribution in [1.82, 2.24) is 4.90 Å². The Labute approximate surface area is 147 Å². The van der Waals surface area contributed by atoms with Crippen molar-refractivity contribution in [2.75, 3.05) is 33.4 Å². The minimum Gasteiger partial charge on any atom is -0.497 e. The zero-order valence-corrected chi connectivity index (χ0v) is 14.6. The molecule has 25 heavy (non-hydrogen) atoms. The van der Waals surface area contributed by atoms with Crippen LogP contribution in [0.5, 0.6) is 5.75 Å². The van der Waals surface area contributed by atoms with Gasteiger partial charge >= 0.3 is 5.97 Å². The molecule has 0 aliphatic carbocycles. The zero-order valence-electron chi connectivity index (χ0n) is 14.6. The number of carboxylic acids is 1. The van der Waals surface area contributed by atoms with E-state index in [0.29, 0.717) is 17.4 Å². The maximum absolute atomic E-state index is 11.6. The molecule has 0 saturated carbocycles. The number of morpholine rings is 1. The van der Waals surface area contributed by atoms with Crippen molar-refractivity contribution in [3.63, 3.8) is 0 Å². The van der Waals surface area contributed by atoms with E-state index >= 15 is 0 Å². The van der Waals surface area contributed by atoms with Crippen LogP contribution in [0, 0.1) is 0 Å². The van der Waals surface area contributed by atoms with Gasteiger partial charge in [-0.3, -0.25) is 4.90 Å². The van der Waals surface area contributed by atoms with Crippen molar-refractivity contribution in [3.05, 3.63) is 53.6 Å². The highest BCUT2D eigenvalue weighted by atomic mass is 16.5. The summed E-state index contributed by atoms with van der Waals surface area (Å²) in [6.07, 6.45) is 0. The molecule has 0 unspecified atom stereocenters. The third-order valence-electron chi connectivity index (χ3n) is 4.75. The molecule has 1 atom stereocenters. The fraction of sp³-hybridized carbons (Fsp3) is 0.350. The Morgan fingerprint density at radius 3 is 2.44 bits per heavy atom. The highest BCUT2D eigenvalue weighted by molar-refractivity contribution is 5.96. The molecule has 0 spiro atoms. The number of nitrogens with zero attached hydrogens (tertiary/aromatic N) is 1. The second-order valence-corrected chi connectivity index (χ2v) is 6.16. The van der Waals surface area contributed by atoms with Crippen LogP contribution in [-0.4, -0.2) is 49.4 Å². The van der Waals surface area contributed by atoms with Crippen molar-refractivity contribution in [3.8, 4) is 16.9 Å². The summed E-state index contributed by atoms with van der Waals surface area (Å²) in [5, 5.41) is 9.49. The monoisotopic (exact) mass is 341 g/mol. The number of carboxylic acid groups (broad SMARTS) is 1. The van der Waals surface area contributed by atoms with E-state index in [4.69, 9.17) is 9.47 Å². The Morgan fingerprint density at radius 1 is 1.16 bits per heavy atom. The van der Waals surface area contributed by atoms with Crippen LogP contribution in [0.1, 0.15) is 28.9 Å². The molecule has 1 heterocycles. The summed E-state index contributed by atoms with van der Waals surface area (Å²) in [6, 6.07) is 13.6. The topological polar surface area (TPSA) is 59.0 Å². The lowest BCUT2D eigenvalue weighted by Gasteiger charge is -2.32. The van der Waals surface area contributed by atoms with Gasteiger partial charge in [-0.15, -0.1) is 0 Å². The molecule has 2 aromatic carbocycles. The molecule has 1 aliphatic rings. The molecule has 1 fully saturated rings. The Morgan fingerprint density at radius 2 is 1.84 bits per heavy atom. The first-order chi connectivity index (χ1) is 12.1. The van der Waals surface area contributed by atoms with E-state index in [1.165, 1.54) is 12.7 Å². The van der Waals surface area contributed by atoms with Crippen LogP contribution in [0.4, 0.5) is 0 Å². The largest absolute Gasteiger partial charge is 0.497 e. The van der Waals surface area contributed by atoms with Crippen LogP contribution in [0.15, 0.2) is 42.5 Å². The first-order valence-corrected chi connectivity index (χ1v) is 8.43. The summed E-state index contributed by atoms with van der Waals surface area (Å²) in [7, 11) is 1.53. The van der Waals surface area contributed by atoms with Crippen molar-refractivity contribution in [1.29, 1.82) is 0 Å². The van der Waals surface area contributed by atoms with Crippen LogP contribution < -0.4 is 4.74 Å². The summed E-state index contributed by atoms with van der Waals surface area (Å²) in [4.78, 5) is 14.0. The lowest BCUT2D eigenvalue weighted by Crippen LogP contribution is -2.37. The molecule has 5 nitrogen and oxygen atoms in total. The number of rotatable bonds is 5. The van der Waals surface area contributed by atoms with Crippen molar-refractivity contribution in [2.45, 2.75) is 13.0 Å². The van der Waals surface area contributed by atoms with Crippen LogP contribution >= 0.6 is 0 Å². The molecular formula is C20H23NO4.